The number of hydrogen-bond acceptors (Lipinski definition) is 2. The standard InChI is InChI=1S/C27H40O2/c1-25-14-11-21(28)18-20(25)8-9-22-23(25)12-15-26(2)24(22)13-17-27(26,29)16-10-19-6-4-3-5-7-19/h3-7,20-24,28-29H,8-18H2,1-2H3/t20-,21-,22+,23-,24+,25-,26+,27+/m0/s1. The number of aliphatic hydroxyl groups excluding tert-OH is 1. The summed E-state index contributed by atoms with van der Waals surface area (Å²) in [6.07, 6.45) is 12.4. The van der Waals surface area contributed by atoms with E-state index in [-0.39, 0.29) is 11.5 Å². The van der Waals surface area contributed by atoms with E-state index in [0.29, 0.717) is 11.3 Å². The minimum Gasteiger partial charge on any atom is -0.393 e. The van der Waals surface area contributed by atoms with Crippen molar-refractivity contribution >= 4 is 0 Å². The fourth-order valence-electron chi connectivity index (χ4n) is 8.75. The molecule has 29 heavy (non-hydrogen) atoms. The summed E-state index contributed by atoms with van der Waals surface area (Å²) in [7, 11) is 0. The van der Waals surface area contributed by atoms with E-state index in [4.69, 9.17) is 0 Å². The van der Waals surface area contributed by atoms with Crippen LogP contribution in [0.3, 0.4) is 0 Å². The molecule has 2 nitrogen and oxygen atoms in total. The highest BCUT2D eigenvalue weighted by atomic mass is 16.3. The molecule has 0 bridgehead atoms. The second-order valence-corrected chi connectivity index (χ2v) is 11.6. The first kappa shape index (κ1) is 20.1. The van der Waals surface area contributed by atoms with Crippen molar-refractivity contribution in [2.75, 3.05) is 0 Å². The lowest BCUT2D eigenvalue weighted by Gasteiger charge is -2.61. The molecule has 2 heteroatoms. The largest absolute Gasteiger partial charge is 0.393 e. The lowest BCUT2D eigenvalue weighted by atomic mass is 9.44. The summed E-state index contributed by atoms with van der Waals surface area (Å²) >= 11 is 0. The van der Waals surface area contributed by atoms with Crippen LogP contribution in [-0.4, -0.2) is 21.9 Å². The lowest BCUT2D eigenvalue weighted by Crippen LogP contribution is -2.56. The molecular weight excluding hydrogens is 356 g/mol. The molecular formula is C27H40O2. The predicted molar refractivity (Wildman–Crippen MR) is 117 cm³/mol. The minimum atomic E-state index is -0.501. The molecule has 1 aromatic rings. The number of benzene rings is 1. The second kappa shape index (κ2) is 7.09. The van der Waals surface area contributed by atoms with Gasteiger partial charge in [-0.2, -0.15) is 0 Å². The fraction of sp³-hybridized carbons (Fsp3) is 0.778. The summed E-state index contributed by atoms with van der Waals surface area (Å²) in [4.78, 5) is 0. The van der Waals surface area contributed by atoms with E-state index in [0.717, 1.165) is 49.9 Å². The molecule has 2 N–H and O–H groups in total. The number of aryl methyl sites for hydroxylation is 1. The molecule has 0 spiro atoms. The molecule has 0 amide bonds. The number of hydrogen-bond donors (Lipinski definition) is 2. The summed E-state index contributed by atoms with van der Waals surface area (Å²) in [6, 6.07) is 10.7. The Labute approximate surface area is 177 Å². The van der Waals surface area contributed by atoms with E-state index >= 15 is 0 Å². The van der Waals surface area contributed by atoms with Gasteiger partial charge in [0, 0.05) is 0 Å². The number of aliphatic hydroxyl groups is 2. The molecule has 0 unspecified atom stereocenters. The molecule has 1 aromatic carbocycles. The van der Waals surface area contributed by atoms with Gasteiger partial charge in [0.1, 0.15) is 0 Å². The first-order valence-electron chi connectivity index (χ1n) is 12.3. The van der Waals surface area contributed by atoms with Crippen molar-refractivity contribution in [1.29, 1.82) is 0 Å². The van der Waals surface area contributed by atoms with E-state index in [2.05, 4.69) is 44.2 Å². The molecule has 5 rings (SSSR count). The summed E-state index contributed by atoms with van der Waals surface area (Å²) < 4.78 is 0. The van der Waals surface area contributed by atoms with Gasteiger partial charge in [0.25, 0.3) is 0 Å². The third-order valence-corrected chi connectivity index (χ3v) is 10.6. The van der Waals surface area contributed by atoms with E-state index in [1.165, 1.54) is 44.1 Å². The molecule has 8 atom stereocenters. The van der Waals surface area contributed by atoms with Gasteiger partial charge in [0.15, 0.2) is 0 Å². The van der Waals surface area contributed by atoms with E-state index in [9.17, 15) is 10.2 Å². The van der Waals surface area contributed by atoms with Gasteiger partial charge >= 0.3 is 0 Å². The van der Waals surface area contributed by atoms with E-state index in [1.807, 2.05) is 0 Å². The average molecular weight is 397 g/mol. The van der Waals surface area contributed by atoms with Crippen molar-refractivity contribution in [1.82, 2.24) is 0 Å². The van der Waals surface area contributed by atoms with E-state index < -0.39 is 5.60 Å². The SMILES string of the molecule is C[C@]12CC[C@H](O)C[C@@H]1CC[C@H]1[C@H]3CC[C@](O)(CCc4ccccc4)[C@]3(C)CC[C@@H]12. The molecule has 0 saturated heterocycles. The van der Waals surface area contributed by atoms with Gasteiger partial charge in [-0.15, -0.1) is 0 Å². The maximum absolute atomic E-state index is 11.9. The number of fused-ring (bicyclic) bond motifs is 5. The van der Waals surface area contributed by atoms with Crippen LogP contribution in [0.4, 0.5) is 0 Å². The third-order valence-electron chi connectivity index (χ3n) is 10.6. The molecule has 4 aliphatic rings. The molecule has 4 fully saturated rings. The monoisotopic (exact) mass is 396 g/mol. The maximum atomic E-state index is 11.9. The van der Waals surface area contributed by atoms with Gasteiger partial charge in [0.2, 0.25) is 0 Å². The summed E-state index contributed by atoms with van der Waals surface area (Å²) in [6.45, 7) is 4.99. The van der Waals surface area contributed by atoms with Gasteiger partial charge in [0.05, 0.1) is 11.7 Å². The Morgan fingerprint density at radius 1 is 0.897 bits per heavy atom. The topological polar surface area (TPSA) is 40.5 Å². The average Bonchev–Trinajstić information content (AvgIpc) is 2.99. The van der Waals surface area contributed by atoms with Gasteiger partial charge in [-0.3, -0.25) is 0 Å². The Balaban J connectivity index is 1.35. The van der Waals surface area contributed by atoms with Gasteiger partial charge in [-0.25, -0.2) is 0 Å². The zero-order chi connectivity index (χ0) is 20.3. The highest BCUT2D eigenvalue weighted by Gasteiger charge is 2.64. The first-order chi connectivity index (χ1) is 13.9. The zero-order valence-corrected chi connectivity index (χ0v) is 18.4. The summed E-state index contributed by atoms with van der Waals surface area (Å²) in [5.41, 5.74) is 1.36. The fourth-order valence-corrected chi connectivity index (χ4v) is 8.75. The van der Waals surface area contributed by atoms with Gasteiger partial charge < -0.3 is 10.2 Å². The minimum absolute atomic E-state index is 0.0620. The first-order valence-corrected chi connectivity index (χ1v) is 12.3. The Morgan fingerprint density at radius 3 is 2.45 bits per heavy atom. The Hall–Kier alpha value is -0.860. The highest BCUT2D eigenvalue weighted by Crippen LogP contribution is 2.68. The van der Waals surface area contributed by atoms with Crippen molar-refractivity contribution in [3.05, 3.63) is 35.9 Å². The van der Waals surface area contributed by atoms with Crippen LogP contribution in [0.15, 0.2) is 30.3 Å². The molecule has 0 aliphatic heterocycles. The molecule has 0 heterocycles. The van der Waals surface area contributed by atoms with Crippen LogP contribution >= 0.6 is 0 Å². The molecule has 0 radical (unpaired) electrons. The van der Waals surface area contributed by atoms with Crippen molar-refractivity contribution in [2.45, 2.75) is 96.2 Å². The van der Waals surface area contributed by atoms with Crippen LogP contribution in [0.5, 0.6) is 0 Å². The quantitative estimate of drug-likeness (QED) is 0.682. The summed E-state index contributed by atoms with van der Waals surface area (Å²) in [5.74, 6) is 3.00. The van der Waals surface area contributed by atoms with Crippen LogP contribution in [0.25, 0.3) is 0 Å². The van der Waals surface area contributed by atoms with Gasteiger partial charge in [-0.1, -0.05) is 44.2 Å². The third kappa shape index (κ3) is 3.04. The predicted octanol–water partition coefficient (Wildman–Crippen LogP) is 5.75. The maximum Gasteiger partial charge on any atom is 0.0707 e. The Kier molecular flexibility index (Phi) is 4.91. The van der Waals surface area contributed by atoms with Crippen LogP contribution in [0.2, 0.25) is 0 Å². The number of rotatable bonds is 3. The highest BCUT2D eigenvalue weighted by molar-refractivity contribution is 5.18. The van der Waals surface area contributed by atoms with Crippen molar-refractivity contribution in [3.8, 4) is 0 Å². The zero-order valence-electron chi connectivity index (χ0n) is 18.4. The lowest BCUT2D eigenvalue weighted by molar-refractivity contribution is -0.160. The smallest absolute Gasteiger partial charge is 0.0707 e. The van der Waals surface area contributed by atoms with Crippen LogP contribution < -0.4 is 0 Å². The summed E-state index contributed by atoms with van der Waals surface area (Å²) in [5, 5.41) is 22.1. The van der Waals surface area contributed by atoms with Gasteiger partial charge in [-0.05, 0) is 111 Å². The molecule has 0 aromatic heterocycles. The normalized spacial score (nSPS) is 49.2. The Bertz CT molecular complexity index is 731. The van der Waals surface area contributed by atoms with Crippen molar-refractivity contribution < 1.29 is 10.2 Å². The molecule has 4 aliphatic carbocycles. The van der Waals surface area contributed by atoms with Crippen molar-refractivity contribution in [3.63, 3.8) is 0 Å². The molecule has 160 valence electrons. The Morgan fingerprint density at radius 2 is 1.66 bits per heavy atom. The van der Waals surface area contributed by atoms with Crippen molar-refractivity contribution in [2.24, 2.45) is 34.5 Å². The van der Waals surface area contributed by atoms with E-state index in [1.54, 1.807) is 0 Å². The van der Waals surface area contributed by atoms with Crippen LogP contribution in [-0.2, 0) is 6.42 Å². The molecule has 4 saturated carbocycles. The van der Waals surface area contributed by atoms with Crippen LogP contribution in [0, 0.1) is 34.5 Å². The van der Waals surface area contributed by atoms with Crippen LogP contribution in [0.1, 0.15) is 83.6 Å². The second-order valence-electron chi connectivity index (χ2n) is 11.6.